The molecular formula is C10H12F2N2O2S. The zero-order valence-corrected chi connectivity index (χ0v) is 9.89. The molecule has 1 atom stereocenters. The van der Waals surface area contributed by atoms with Gasteiger partial charge < -0.3 is 4.74 Å². The smallest absolute Gasteiger partial charge is 0.249 e. The molecule has 0 bridgehead atoms. The topological polar surface area (TPSA) is 64.3 Å². The molecule has 3 N–H and O–H groups in total. The molecule has 0 aliphatic rings. The molecule has 0 aliphatic heterocycles. The molecule has 4 nitrogen and oxygen atoms in total. The van der Waals surface area contributed by atoms with Gasteiger partial charge in [0, 0.05) is 12.0 Å². The van der Waals surface area contributed by atoms with Crippen LogP contribution in [0.5, 0.6) is 0 Å². The number of hydrazine groups is 1. The first kappa shape index (κ1) is 13.9. The summed E-state index contributed by atoms with van der Waals surface area (Å²) >= 11 is 0.855. The number of hydrogen-bond donors (Lipinski definition) is 2. The fourth-order valence-electron chi connectivity index (χ4n) is 1.13. The van der Waals surface area contributed by atoms with Crippen LogP contribution in [0.1, 0.15) is 0 Å². The molecule has 1 unspecified atom stereocenters. The summed E-state index contributed by atoms with van der Waals surface area (Å²) in [4.78, 5) is 11.4. The first-order valence-electron chi connectivity index (χ1n) is 4.69. The van der Waals surface area contributed by atoms with Gasteiger partial charge in [0.1, 0.15) is 16.9 Å². The fourth-order valence-corrected chi connectivity index (χ4v) is 2.18. The van der Waals surface area contributed by atoms with Gasteiger partial charge in [-0.1, -0.05) is 0 Å². The lowest BCUT2D eigenvalue weighted by Gasteiger charge is -2.14. The van der Waals surface area contributed by atoms with Crippen molar-refractivity contribution >= 4 is 17.7 Å². The Morgan fingerprint density at radius 3 is 2.88 bits per heavy atom. The normalized spacial score (nSPS) is 12.2. The molecule has 17 heavy (non-hydrogen) atoms. The zero-order chi connectivity index (χ0) is 12.8. The van der Waals surface area contributed by atoms with Crippen LogP contribution in [0, 0.1) is 11.6 Å². The van der Waals surface area contributed by atoms with Crippen molar-refractivity contribution in [3.63, 3.8) is 0 Å². The molecule has 1 aromatic rings. The Hall–Kier alpha value is -1.18. The first-order chi connectivity index (χ1) is 8.08. The molecule has 0 radical (unpaired) electrons. The van der Waals surface area contributed by atoms with Crippen LogP contribution in [0.15, 0.2) is 23.1 Å². The fraction of sp³-hybridized carbons (Fsp3) is 0.300. The average molecular weight is 262 g/mol. The molecule has 94 valence electrons. The van der Waals surface area contributed by atoms with E-state index in [2.05, 4.69) is 0 Å². The highest BCUT2D eigenvalue weighted by Gasteiger charge is 2.20. The van der Waals surface area contributed by atoms with Gasteiger partial charge in [0.2, 0.25) is 5.91 Å². The third-order valence-corrected chi connectivity index (χ3v) is 3.12. The quantitative estimate of drug-likeness (QED) is 0.360. The lowest BCUT2D eigenvalue weighted by molar-refractivity contribution is -0.121. The molecule has 1 aromatic carbocycles. The van der Waals surface area contributed by atoms with E-state index in [-0.39, 0.29) is 11.5 Å². The van der Waals surface area contributed by atoms with E-state index in [1.807, 2.05) is 5.43 Å². The van der Waals surface area contributed by atoms with Gasteiger partial charge >= 0.3 is 0 Å². The predicted molar refractivity (Wildman–Crippen MR) is 60.2 cm³/mol. The van der Waals surface area contributed by atoms with Gasteiger partial charge in [0.25, 0.3) is 0 Å². The number of carbonyl (C=O) groups excluding carboxylic acids is 1. The molecule has 0 saturated carbocycles. The molecule has 0 heterocycles. The second-order valence-electron chi connectivity index (χ2n) is 3.15. The van der Waals surface area contributed by atoms with Gasteiger partial charge in [-0.25, -0.2) is 14.6 Å². The summed E-state index contributed by atoms with van der Waals surface area (Å²) in [5.41, 5.74) is 1.95. The van der Waals surface area contributed by atoms with Gasteiger partial charge in [-0.05, 0) is 18.2 Å². The van der Waals surface area contributed by atoms with E-state index in [9.17, 15) is 13.6 Å². The molecule has 0 fully saturated rings. The van der Waals surface area contributed by atoms with Crippen LogP contribution >= 0.6 is 11.8 Å². The van der Waals surface area contributed by atoms with Gasteiger partial charge in [0.05, 0.1) is 6.61 Å². The molecule has 7 heteroatoms. The summed E-state index contributed by atoms with van der Waals surface area (Å²) in [5.74, 6) is 3.31. The first-order valence-corrected chi connectivity index (χ1v) is 5.57. The lowest BCUT2D eigenvalue weighted by atomic mass is 10.3. The van der Waals surface area contributed by atoms with Crippen molar-refractivity contribution in [1.82, 2.24) is 5.43 Å². The van der Waals surface area contributed by atoms with Crippen molar-refractivity contribution in [3.05, 3.63) is 29.8 Å². The highest BCUT2D eigenvalue weighted by molar-refractivity contribution is 8.00. The Bertz CT molecular complexity index is 404. The molecule has 1 rings (SSSR count). The van der Waals surface area contributed by atoms with Gasteiger partial charge in [0.15, 0.2) is 0 Å². The molecule has 0 aromatic heterocycles. The van der Waals surface area contributed by atoms with Crippen molar-refractivity contribution in [1.29, 1.82) is 0 Å². The monoisotopic (exact) mass is 262 g/mol. The third-order valence-electron chi connectivity index (χ3n) is 1.92. The summed E-state index contributed by atoms with van der Waals surface area (Å²) in [6.45, 7) is 0.0453. The number of thioether (sulfide) groups is 1. The molecule has 0 saturated heterocycles. The average Bonchev–Trinajstić information content (AvgIpc) is 2.32. The van der Waals surface area contributed by atoms with Crippen LogP contribution in [0.2, 0.25) is 0 Å². The number of halogens is 2. The minimum Gasteiger partial charge on any atom is -0.383 e. The Kier molecular flexibility index (Phi) is 5.33. The lowest BCUT2D eigenvalue weighted by Crippen LogP contribution is -2.39. The SMILES string of the molecule is COCC(Sc1cc(F)ccc1F)C(=O)NN. The van der Waals surface area contributed by atoms with Crippen molar-refractivity contribution in [2.75, 3.05) is 13.7 Å². The van der Waals surface area contributed by atoms with Crippen molar-refractivity contribution in [2.45, 2.75) is 10.1 Å². The number of hydrogen-bond acceptors (Lipinski definition) is 4. The zero-order valence-electron chi connectivity index (χ0n) is 9.07. The maximum Gasteiger partial charge on any atom is 0.249 e. The van der Waals surface area contributed by atoms with Crippen molar-refractivity contribution in [2.24, 2.45) is 5.84 Å². The van der Waals surface area contributed by atoms with Crippen molar-refractivity contribution in [3.8, 4) is 0 Å². The highest BCUT2D eigenvalue weighted by Crippen LogP contribution is 2.27. The molecule has 1 amide bonds. The van der Waals surface area contributed by atoms with E-state index in [4.69, 9.17) is 10.6 Å². The molecule has 0 spiro atoms. The summed E-state index contributed by atoms with van der Waals surface area (Å²) in [5, 5.41) is -0.735. The van der Waals surface area contributed by atoms with E-state index < -0.39 is 22.8 Å². The van der Waals surface area contributed by atoms with Crippen LogP contribution in [-0.4, -0.2) is 24.9 Å². The number of rotatable bonds is 5. The predicted octanol–water partition coefficient (Wildman–Crippen LogP) is 1.06. The van der Waals surface area contributed by atoms with Crippen LogP contribution in [0.25, 0.3) is 0 Å². The van der Waals surface area contributed by atoms with Crippen molar-refractivity contribution < 1.29 is 18.3 Å². The van der Waals surface area contributed by atoms with E-state index in [0.717, 1.165) is 30.0 Å². The number of benzene rings is 1. The minimum atomic E-state index is -0.735. The van der Waals surface area contributed by atoms with Gasteiger partial charge in [-0.3, -0.25) is 10.2 Å². The van der Waals surface area contributed by atoms with Crippen LogP contribution < -0.4 is 11.3 Å². The Balaban J connectivity index is 2.85. The van der Waals surface area contributed by atoms with E-state index in [1.165, 1.54) is 7.11 Å². The van der Waals surface area contributed by atoms with Crippen LogP contribution in [0.3, 0.4) is 0 Å². The summed E-state index contributed by atoms with van der Waals surface area (Å²) in [7, 11) is 1.40. The summed E-state index contributed by atoms with van der Waals surface area (Å²) in [6.07, 6.45) is 0. The largest absolute Gasteiger partial charge is 0.383 e. The standard InChI is InChI=1S/C10H12F2N2O2S/c1-16-5-9(10(15)14-13)17-8-4-6(11)2-3-7(8)12/h2-4,9H,5,13H2,1H3,(H,14,15). The number of nitrogens with one attached hydrogen (secondary N) is 1. The Labute approximate surface area is 101 Å². The Morgan fingerprint density at radius 1 is 1.59 bits per heavy atom. The summed E-state index contributed by atoms with van der Waals surface area (Å²) < 4.78 is 31.1. The molecule has 0 aliphatic carbocycles. The number of amides is 1. The maximum atomic E-state index is 13.3. The molecular weight excluding hydrogens is 250 g/mol. The number of nitrogens with two attached hydrogens (primary N) is 1. The van der Waals surface area contributed by atoms with E-state index >= 15 is 0 Å². The number of carbonyl (C=O) groups is 1. The van der Waals surface area contributed by atoms with Crippen LogP contribution in [0.4, 0.5) is 8.78 Å². The van der Waals surface area contributed by atoms with Crippen LogP contribution in [-0.2, 0) is 9.53 Å². The highest BCUT2D eigenvalue weighted by atomic mass is 32.2. The number of ether oxygens (including phenoxy) is 1. The van der Waals surface area contributed by atoms with Gasteiger partial charge in [-0.15, -0.1) is 11.8 Å². The Morgan fingerprint density at radius 2 is 2.29 bits per heavy atom. The second-order valence-corrected chi connectivity index (χ2v) is 4.39. The second kappa shape index (κ2) is 6.53. The third kappa shape index (κ3) is 3.95. The van der Waals surface area contributed by atoms with Gasteiger partial charge in [-0.2, -0.15) is 0 Å². The minimum absolute atomic E-state index is 0.0376. The number of methoxy groups -OCH3 is 1. The summed E-state index contributed by atoms with van der Waals surface area (Å²) in [6, 6.07) is 3.03. The maximum absolute atomic E-state index is 13.3. The van der Waals surface area contributed by atoms with E-state index in [1.54, 1.807) is 0 Å². The van der Waals surface area contributed by atoms with E-state index in [0.29, 0.717) is 0 Å².